The number of rotatable bonds is 3. The third-order valence-electron chi connectivity index (χ3n) is 4.58. The number of morpholine rings is 1. The largest absolute Gasteiger partial charge is 0.368 e. The predicted molar refractivity (Wildman–Crippen MR) is 95.0 cm³/mol. The molecule has 4 heterocycles. The zero-order valence-electron chi connectivity index (χ0n) is 15.4. The molecule has 1 saturated heterocycles. The van der Waals surface area contributed by atoms with Crippen molar-refractivity contribution in [1.82, 2.24) is 20.2 Å². The lowest BCUT2D eigenvalue weighted by Gasteiger charge is -2.32. The highest BCUT2D eigenvalue weighted by Gasteiger charge is 2.29. The molecule has 8 heteroatoms. The maximum Gasteiger partial charge on any atom is 0.292 e. The molecule has 0 unspecified atom stereocenters. The summed E-state index contributed by atoms with van der Waals surface area (Å²) in [5.41, 5.74) is 3.90. The molecule has 1 amide bonds. The molecule has 0 bridgehead atoms. The summed E-state index contributed by atoms with van der Waals surface area (Å²) in [5, 5.41) is 7.78. The van der Waals surface area contributed by atoms with Crippen LogP contribution in [0.4, 0.5) is 0 Å². The summed E-state index contributed by atoms with van der Waals surface area (Å²) in [5.74, 6) is 0.774. The number of carbonyl (C=O) groups is 1. The second-order valence-electron chi connectivity index (χ2n) is 6.59. The second-order valence-corrected chi connectivity index (χ2v) is 6.59. The highest BCUT2D eigenvalue weighted by atomic mass is 16.5. The van der Waals surface area contributed by atoms with Crippen LogP contribution in [0.1, 0.15) is 39.5 Å². The molecule has 27 heavy (non-hydrogen) atoms. The van der Waals surface area contributed by atoms with E-state index in [1.807, 2.05) is 32.0 Å². The van der Waals surface area contributed by atoms with Gasteiger partial charge in [-0.15, -0.1) is 0 Å². The number of amides is 1. The van der Waals surface area contributed by atoms with Gasteiger partial charge in [0.15, 0.2) is 0 Å². The molecule has 1 aliphatic rings. The van der Waals surface area contributed by atoms with Gasteiger partial charge in [0, 0.05) is 12.6 Å². The van der Waals surface area contributed by atoms with E-state index in [0.717, 1.165) is 28.4 Å². The molecule has 0 aromatic carbocycles. The molecule has 3 aromatic rings. The van der Waals surface area contributed by atoms with Crippen LogP contribution in [0.15, 0.2) is 33.3 Å². The molecule has 1 fully saturated rings. The Morgan fingerprint density at radius 1 is 1.19 bits per heavy atom. The molecule has 0 spiro atoms. The fourth-order valence-corrected chi connectivity index (χ4v) is 3.25. The Hall–Kier alpha value is -3.00. The summed E-state index contributed by atoms with van der Waals surface area (Å²) in [6.07, 6.45) is -0.313. The van der Waals surface area contributed by atoms with Gasteiger partial charge in [0.2, 0.25) is 5.76 Å². The normalized spacial score (nSPS) is 17.3. The van der Waals surface area contributed by atoms with Crippen LogP contribution in [0.3, 0.4) is 0 Å². The van der Waals surface area contributed by atoms with Crippen molar-refractivity contribution < 1.29 is 18.6 Å². The van der Waals surface area contributed by atoms with E-state index in [0.29, 0.717) is 25.4 Å². The summed E-state index contributed by atoms with van der Waals surface area (Å²) in [4.78, 5) is 19.1. The number of carbonyl (C=O) groups excluding carboxylic acids is 1. The van der Waals surface area contributed by atoms with Gasteiger partial charge in [0.1, 0.15) is 11.9 Å². The fourth-order valence-electron chi connectivity index (χ4n) is 3.25. The highest BCUT2D eigenvalue weighted by molar-refractivity contribution is 5.91. The van der Waals surface area contributed by atoms with Crippen LogP contribution in [-0.4, -0.2) is 45.8 Å². The van der Waals surface area contributed by atoms with Crippen LogP contribution in [0.25, 0.3) is 11.3 Å². The Labute approximate surface area is 156 Å². The third kappa shape index (κ3) is 3.35. The van der Waals surface area contributed by atoms with Gasteiger partial charge in [-0.05, 0) is 32.9 Å². The van der Waals surface area contributed by atoms with Crippen molar-refractivity contribution in [1.29, 1.82) is 0 Å². The van der Waals surface area contributed by atoms with Crippen molar-refractivity contribution in [2.45, 2.75) is 26.9 Å². The van der Waals surface area contributed by atoms with E-state index in [9.17, 15) is 4.79 Å². The predicted octanol–water partition coefficient (Wildman–Crippen LogP) is 2.86. The van der Waals surface area contributed by atoms with Gasteiger partial charge < -0.3 is 18.7 Å². The number of aromatic nitrogens is 3. The molecular weight excluding hydrogens is 348 g/mol. The standard InChI is InChI=1S/C19H20N4O4/c1-11-9-16(27-21-11)19(24)23-7-8-25-17(10-23)14-5-4-6-15(20-14)18-12(2)22-26-13(18)3/h4-6,9,17H,7-8,10H2,1-3H3/t17-/m0/s1. The van der Waals surface area contributed by atoms with E-state index in [1.54, 1.807) is 17.9 Å². The molecule has 1 atom stereocenters. The molecule has 140 valence electrons. The second kappa shape index (κ2) is 6.96. The Bertz CT molecular complexity index is 958. The Morgan fingerprint density at radius 3 is 2.74 bits per heavy atom. The van der Waals surface area contributed by atoms with E-state index in [4.69, 9.17) is 18.8 Å². The first kappa shape index (κ1) is 17.4. The number of nitrogens with zero attached hydrogens (tertiary/aromatic N) is 4. The Kier molecular flexibility index (Phi) is 4.49. The minimum Gasteiger partial charge on any atom is -0.368 e. The molecule has 8 nitrogen and oxygen atoms in total. The topological polar surface area (TPSA) is 94.5 Å². The van der Waals surface area contributed by atoms with Crippen LogP contribution in [0.5, 0.6) is 0 Å². The van der Waals surface area contributed by atoms with Crippen LogP contribution in [0.2, 0.25) is 0 Å². The molecule has 0 saturated carbocycles. The average Bonchev–Trinajstić information content (AvgIpc) is 3.26. The molecule has 1 aliphatic heterocycles. The number of ether oxygens (including phenoxy) is 1. The summed E-state index contributed by atoms with van der Waals surface area (Å²) in [6.45, 7) is 6.86. The zero-order chi connectivity index (χ0) is 19.0. The number of hydrogen-bond donors (Lipinski definition) is 0. The first-order chi connectivity index (χ1) is 13.0. The molecule has 0 radical (unpaired) electrons. The summed E-state index contributed by atoms with van der Waals surface area (Å²) in [6, 6.07) is 7.38. The SMILES string of the molecule is Cc1cc(C(=O)N2CCO[C@H](c3cccc(-c4c(C)noc4C)n3)C2)on1. The lowest BCUT2D eigenvalue weighted by Crippen LogP contribution is -2.42. The van der Waals surface area contributed by atoms with E-state index in [2.05, 4.69) is 10.3 Å². The summed E-state index contributed by atoms with van der Waals surface area (Å²) < 4.78 is 16.2. The first-order valence-electron chi connectivity index (χ1n) is 8.77. The van der Waals surface area contributed by atoms with Crippen molar-refractivity contribution in [3.8, 4) is 11.3 Å². The van der Waals surface area contributed by atoms with Gasteiger partial charge in [-0.1, -0.05) is 16.4 Å². The molecular formula is C19H20N4O4. The van der Waals surface area contributed by atoms with Crippen molar-refractivity contribution in [2.24, 2.45) is 0 Å². The van der Waals surface area contributed by atoms with Crippen molar-refractivity contribution >= 4 is 5.91 Å². The lowest BCUT2D eigenvalue weighted by atomic mass is 10.1. The Balaban J connectivity index is 1.57. The van der Waals surface area contributed by atoms with Crippen LogP contribution in [0, 0.1) is 20.8 Å². The van der Waals surface area contributed by atoms with Crippen molar-refractivity contribution in [2.75, 3.05) is 19.7 Å². The number of hydrogen-bond acceptors (Lipinski definition) is 7. The van der Waals surface area contributed by atoms with Gasteiger partial charge >= 0.3 is 0 Å². The van der Waals surface area contributed by atoms with E-state index in [-0.39, 0.29) is 17.8 Å². The van der Waals surface area contributed by atoms with Crippen molar-refractivity contribution in [3.05, 3.63) is 52.9 Å². The number of pyridine rings is 1. The molecule has 0 aliphatic carbocycles. The fraction of sp³-hybridized carbons (Fsp3) is 0.368. The van der Waals surface area contributed by atoms with Gasteiger partial charge in [0.05, 0.1) is 41.5 Å². The molecule has 3 aromatic heterocycles. The lowest BCUT2D eigenvalue weighted by molar-refractivity contribution is -0.0258. The highest BCUT2D eigenvalue weighted by Crippen LogP contribution is 2.28. The van der Waals surface area contributed by atoms with E-state index < -0.39 is 0 Å². The maximum absolute atomic E-state index is 12.6. The maximum atomic E-state index is 12.6. The van der Waals surface area contributed by atoms with Crippen molar-refractivity contribution in [3.63, 3.8) is 0 Å². The summed E-state index contributed by atoms with van der Waals surface area (Å²) >= 11 is 0. The van der Waals surface area contributed by atoms with E-state index >= 15 is 0 Å². The van der Waals surface area contributed by atoms with Gasteiger partial charge in [-0.2, -0.15) is 0 Å². The van der Waals surface area contributed by atoms with Gasteiger partial charge in [-0.3, -0.25) is 4.79 Å². The smallest absolute Gasteiger partial charge is 0.292 e. The minimum absolute atomic E-state index is 0.189. The molecule has 0 N–H and O–H groups in total. The Morgan fingerprint density at radius 2 is 2.04 bits per heavy atom. The average molecular weight is 368 g/mol. The first-order valence-corrected chi connectivity index (χ1v) is 8.77. The zero-order valence-corrected chi connectivity index (χ0v) is 15.4. The summed E-state index contributed by atoms with van der Waals surface area (Å²) in [7, 11) is 0. The van der Waals surface area contributed by atoms with Crippen LogP contribution in [-0.2, 0) is 4.74 Å². The van der Waals surface area contributed by atoms with E-state index in [1.165, 1.54) is 0 Å². The molecule has 4 rings (SSSR count). The monoisotopic (exact) mass is 368 g/mol. The van der Waals surface area contributed by atoms with Gasteiger partial charge in [0.25, 0.3) is 5.91 Å². The quantitative estimate of drug-likeness (QED) is 0.701. The van der Waals surface area contributed by atoms with Gasteiger partial charge in [-0.25, -0.2) is 4.98 Å². The number of aryl methyl sites for hydroxylation is 3. The van der Waals surface area contributed by atoms with Crippen LogP contribution >= 0.6 is 0 Å². The minimum atomic E-state index is -0.313. The third-order valence-corrected chi connectivity index (χ3v) is 4.58. The van der Waals surface area contributed by atoms with Crippen LogP contribution < -0.4 is 0 Å².